The zero-order valence-corrected chi connectivity index (χ0v) is 21.9. The van der Waals surface area contributed by atoms with Crippen molar-refractivity contribution >= 4 is 25.1 Å². The van der Waals surface area contributed by atoms with E-state index in [-0.39, 0.29) is 25.1 Å². The van der Waals surface area contributed by atoms with Gasteiger partial charge >= 0.3 is 0 Å². The topological polar surface area (TPSA) is 412 Å². The fourth-order valence-electron chi connectivity index (χ4n) is 1.87. The summed E-state index contributed by atoms with van der Waals surface area (Å²) >= 11 is 0. The molecular weight excluding hydrogens is 588 g/mol. The maximum absolute atomic E-state index is 9.90. The first kappa shape index (κ1) is 46.9. The minimum atomic E-state index is -1.79. The highest BCUT2D eigenvalue weighted by Crippen LogP contribution is 2.03. The van der Waals surface area contributed by atoms with Crippen LogP contribution in [0.15, 0.2) is 0 Å². The Hall–Kier alpha value is -2.00. The maximum atomic E-state index is 9.90. The molecule has 0 aliphatic carbocycles. The lowest BCUT2D eigenvalue weighted by molar-refractivity contribution is -0.136. The van der Waals surface area contributed by atoms with E-state index in [1.807, 2.05) is 0 Å². The lowest BCUT2D eigenvalue weighted by Gasteiger charge is -2.22. The highest BCUT2D eigenvalue weighted by molar-refractivity contribution is 5.57. The molecule has 21 nitrogen and oxygen atoms in total. The average molecular weight is 631 g/mol. The van der Waals surface area contributed by atoms with Crippen molar-refractivity contribution in [3.05, 3.63) is 0 Å². The smallest absolute Gasteiger partial charge is 0.151 e. The highest BCUT2D eigenvalue weighted by atomic mass is 16.4. The van der Waals surface area contributed by atoms with E-state index in [0.717, 1.165) is 0 Å². The molecule has 0 aliphatic heterocycles. The summed E-state index contributed by atoms with van der Waals surface area (Å²) in [5, 5.41) is 146. The minimum absolute atomic E-state index is 0.0258. The van der Waals surface area contributed by atoms with Gasteiger partial charge in [0.05, 0.1) is 26.4 Å². The summed E-state index contributed by atoms with van der Waals surface area (Å²) in [6.45, 7) is -2.83. The van der Waals surface area contributed by atoms with Gasteiger partial charge in [-0.2, -0.15) is 0 Å². The number of hydrogen-bond acceptors (Lipinski definition) is 21. The van der Waals surface area contributed by atoms with E-state index in [2.05, 4.69) is 0 Å². The summed E-state index contributed by atoms with van der Waals surface area (Å²) in [4.78, 5) is 39.2. The summed E-state index contributed by atoms with van der Waals surface area (Å²) < 4.78 is 0. The molecule has 13 atom stereocenters. The zero-order valence-electron chi connectivity index (χ0n) is 21.9. The van der Waals surface area contributed by atoms with Crippen LogP contribution in [0.25, 0.3) is 0 Å². The third kappa shape index (κ3) is 20.8. The highest BCUT2D eigenvalue weighted by Gasteiger charge is 2.29. The van der Waals surface area contributed by atoms with Crippen LogP contribution in [-0.2, 0) is 19.2 Å². The standard InChI is InChI=1S/C6H12O6.3C5H10O5/c7-1-3(9)5(11)6(12)4(10)2-8;3*6-1-3(8)5(10)4(9)2-7/h1,3-6,8-12H,2H2;3*1,3-5,7-10H,2H2/t3-,4+,5-,6+;3-,4+,5+;3-,4-,5+;3-,4-,5-/m0011/s1. The molecule has 0 spiro atoms. The van der Waals surface area contributed by atoms with Crippen LogP contribution in [0.1, 0.15) is 0 Å². The Morgan fingerprint density at radius 1 is 0.310 bits per heavy atom. The summed E-state index contributed by atoms with van der Waals surface area (Å²) in [6, 6.07) is 0. The molecule has 0 saturated heterocycles. The number of aldehydes is 4. The molecule has 42 heavy (non-hydrogen) atoms. The third-order valence-electron chi connectivity index (χ3n) is 4.63. The van der Waals surface area contributed by atoms with Crippen LogP contribution >= 0.6 is 0 Å². The predicted molar refractivity (Wildman–Crippen MR) is 131 cm³/mol. The van der Waals surface area contributed by atoms with Crippen molar-refractivity contribution < 1.29 is 106 Å². The van der Waals surface area contributed by atoms with E-state index in [0.29, 0.717) is 0 Å². The predicted octanol–water partition coefficient (Wildman–Crippen LogP) is -11.6. The molecule has 21 heteroatoms. The Kier molecular flexibility index (Phi) is 31.1. The molecule has 0 radical (unpaired) electrons. The number of carbonyl (C=O) groups excluding carboxylic acids is 4. The molecule has 17 N–H and O–H groups in total. The van der Waals surface area contributed by atoms with Crippen LogP contribution in [0.4, 0.5) is 0 Å². The maximum Gasteiger partial charge on any atom is 0.151 e. The first-order valence-electron chi connectivity index (χ1n) is 11.5. The van der Waals surface area contributed by atoms with Crippen LogP contribution in [-0.4, -0.2) is 218 Å². The summed E-state index contributed by atoms with van der Waals surface area (Å²) in [5.41, 5.74) is 0. The van der Waals surface area contributed by atoms with Crippen molar-refractivity contribution in [2.75, 3.05) is 26.4 Å². The SMILES string of the molecule is O=C[C@@H](O)[C@@H](O)[C@H](O)CO.O=C[C@@H](O)[C@H](O)[C@H](O)CO.O=C[C@H](O)[C@@H](O)[C@H](O)CO.O=C[C@H](O)[C@H](O)[C@H](O)[C@H](O)CO. The van der Waals surface area contributed by atoms with Crippen molar-refractivity contribution in [2.24, 2.45) is 0 Å². The van der Waals surface area contributed by atoms with Gasteiger partial charge in [-0.05, 0) is 0 Å². The second kappa shape index (κ2) is 27.8. The Labute approximate surface area is 237 Å². The average Bonchev–Trinajstić information content (AvgIpc) is 3.03. The normalized spacial score (nSPS) is 20.0. The molecule has 0 aromatic carbocycles. The fraction of sp³-hybridized carbons (Fsp3) is 0.810. The third-order valence-corrected chi connectivity index (χ3v) is 4.63. The van der Waals surface area contributed by atoms with Gasteiger partial charge in [0.25, 0.3) is 0 Å². The summed E-state index contributed by atoms with van der Waals surface area (Å²) in [5.74, 6) is 0. The first-order valence-corrected chi connectivity index (χ1v) is 11.5. The van der Waals surface area contributed by atoms with Crippen LogP contribution in [0.5, 0.6) is 0 Å². The minimum Gasteiger partial charge on any atom is -0.394 e. The molecule has 0 fully saturated rings. The summed E-state index contributed by atoms with van der Waals surface area (Å²) in [7, 11) is 0. The van der Waals surface area contributed by atoms with Crippen LogP contribution in [0.2, 0.25) is 0 Å². The molecule has 0 aromatic heterocycles. The molecule has 0 amide bonds. The number of carbonyl (C=O) groups is 4. The second-order valence-electron chi connectivity index (χ2n) is 7.96. The fourth-order valence-corrected chi connectivity index (χ4v) is 1.87. The number of rotatable bonds is 17. The molecule has 0 unspecified atom stereocenters. The zero-order chi connectivity index (χ0) is 34.2. The van der Waals surface area contributed by atoms with Crippen LogP contribution in [0, 0.1) is 0 Å². The lowest BCUT2D eigenvalue weighted by Crippen LogP contribution is -2.46. The molecule has 0 rings (SSSR count). The largest absolute Gasteiger partial charge is 0.394 e. The van der Waals surface area contributed by atoms with E-state index in [1.54, 1.807) is 0 Å². The van der Waals surface area contributed by atoms with Gasteiger partial charge in [0.1, 0.15) is 79.4 Å². The van der Waals surface area contributed by atoms with Gasteiger partial charge in [-0.1, -0.05) is 0 Å². The van der Waals surface area contributed by atoms with Crippen LogP contribution in [0.3, 0.4) is 0 Å². The number of hydrogen-bond donors (Lipinski definition) is 17. The van der Waals surface area contributed by atoms with Gasteiger partial charge in [0, 0.05) is 0 Å². The summed E-state index contributed by atoms with van der Waals surface area (Å²) in [6.07, 6.45) is -20.7. The van der Waals surface area contributed by atoms with E-state index in [1.165, 1.54) is 0 Å². The van der Waals surface area contributed by atoms with Gasteiger partial charge < -0.3 is 106 Å². The molecule has 0 bridgehead atoms. The lowest BCUT2D eigenvalue weighted by atomic mass is 10.0. The molecule has 0 heterocycles. The Balaban J connectivity index is -0.000000230. The monoisotopic (exact) mass is 630 g/mol. The van der Waals surface area contributed by atoms with Crippen molar-refractivity contribution in [1.82, 2.24) is 0 Å². The van der Waals surface area contributed by atoms with E-state index < -0.39 is 106 Å². The number of aliphatic hydroxyl groups is 17. The second-order valence-corrected chi connectivity index (χ2v) is 7.96. The van der Waals surface area contributed by atoms with E-state index in [9.17, 15) is 19.2 Å². The Morgan fingerprint density at radius 2 is 0.476 bits per heavy atom. The van der Waals surface area contributed by atoms with E-state index in [4.69, 9.17) is 86.8 Å². The van der Waals surface area contributed by atoms with Gasteiger partial charge in [-0.15, -0.1) is 0 Å². The van der Waals surface area contributed by atoms with Gasteiger partial charge in [-0.25, -0.2) is 0 Å². The molecule has 0 saturated carbocycles. The molecule has 0 aliphatic rings. The van der Waals surface area contributed by atoms with Crippen molar-refractivity contribution in [3.8, 4) is 0 Å². The first-order chi connectivity index (χ1) is 19.4. The van der Waals surface area contributed by atoms with Crippen LogP contribution < -0.4 is 0 Å². The van der Waals surface area contributed by atoms with Crippen molar-refractivity contribution in [2.45, 2.75) is 79.4 Å². The molecule has 252 valence electrons. The Morgan fingerprint density at radius 3 is 0.643 bits per heavy atom. The van der Waals surface area contributed by atoms with Gasteiger partial charge in [0.15, 0.2) is 25.1 Å². The van der Waals surface area contributed by atoms with Gasteiger partial charge in [-0.3, -0.25) is 0 Å². The van der Waals surface area contributed by atoms with Crippen molar-refractivity contribution in [3.63, 3.8) is 0 Å². The molecule has 0 aromatic rings. The quantitative estimate of drug-likeness (QED) is 0.0663. The van der Waals surface area contributed by atoms with E-state index >= 15 is 0 Å². The van der Waals surface area contributed by atoms with Crippen molar-refractivity contribution in [1.29, 1.82) is 0 Å². The van der Waals surface area contributed by atoms with Gasteiger partial charge in [0.2, 0.25) is 0 Å². The number of aliphatic hydroxyl groups excluding tert-OH is 17. The molecular formula is C21H42O21. The Bertz CT molecular complexity index is 608.